The number of hydrogen-bond donors (Lipinski definition) is 1. The first-order valence-corrected chi connectivity index (χ1v) is 9.12. The van der Waals surface area contributed by atoms with Gasteiger partial charge in [-0.2, -0.15) is 0 Å². The number of ether oxygens (including phenoxy) is 4. The van der Waals surface area contributed by atoms with E-state index >= 15 is 0 Å². The van der Waals surface area contributed by atoms with Crippen LogP contribution in [0.1, 0.15) is 34.6 Å². The minimum atomic E-state index is -0.768. The van der Waals surface area contributed by atoms with E-state index in [0.29, 0.717) is 0 Å². The van der Waals surface area contributed by atoms with E-state index in [1.54, 1.807) is 6.92 Å². The van der Waals surface area contributed by atoms with Gasteiger partial charge in [0, 0.05) is 13.8 Å². The quantitative estimate of drug-likeness (QED) is 0.473. The Morgan fingerprint density at radius 3 is 2.41 bits per heavy atom. The Bertz CT molecular complexity index is 534. The molecular weight excluding hydrogens is 354 g/mol. The van der Waals surface area contributed by atoms with Gasteiger partial charge in [0.1, 0.15) is 13.2 Å². The number of nitrogens with one attached hydrogen (secondary N) is 1. The molecular formula is C19H31NO7. The molecule has 0 aromatic heterocycles. The van der Waals surface area contributed by atoms with Crippen LogP contribution in [-0.4, -0.2) is 56.1 Å². The molecule has 1 fully saturated rings. The molecule has 1 heterocycles. The van der Waals surface area contributed by atoms with Crippen molar-refractivity contribution in [2.75, 3.05) is 19.8 Å². The first kappa shape index (κ1) is 23.1. The molecule has 8 heteroatoms. The predicted molar refractivity (Wildman–Crippen MR) is 97.5 cm³/mol. The summed E-state index contributed by atoms with van der Waals surface area (Å²) in [5.74, 6) is -1.47. The molecule has 1 rings (SSSR count). The highest BCUT2D eigenvalue weighted by molar-refractivity contribution is 5.73. The van der Waals surface area contributed by atoms with Crippen LogP contribution in [0.5, 0.6) is 0 Å². The van der Waals surface area contributed by atoms with Gasteiger partial charge >= 0.3 is 11.9 Å². The topological polar surface area (TPSA) is 100 Å². The Morgan fingerprint density at radius 2 is 1.85 bits per heavy atom. The molecule has 0 aromatic rings. The molecule has 1 saturated heterocycles. The van der Waals surface area contributed by atoms with Gasteiger partial charge in [-0.25, -0.2) is 0 Å². The number of amides is 1. The summed E-state index contributed by atoms with van der Waals surface area (Å²) in [4.78, 5) is 34.6. The van der Waals surface area contributed by atoms with Gasteiger partial charge in [0.05, 0.1) is 24.7 Å². The fourth-order valence-corrected chi connectivity index (χ4v) is 2.85. The van der Waals surface area contributed by atoms with Crippen LogP contribution in [0.25, 0.3) is 0 Å². The Labute approximate surface area is 160 Å². The molecule has 0 aromatic carbocycles. The van der Waals surface area contributed by atoms with Crippen molar-refractivity contribution in [1.82, 2.24) is 5.32 Å². The second-order valence-electron chi connectivity index (χ2n) is 6.94. The monoisotopic (exact) mass is 385 g/mol. The van der Waals surface area contributed by atoms with Crippen LogP contribution in [0, 0.1) is 17.8 Å². The Hall–Kier alpha value is -1.93. The van der Waals surface area contributed by atoms with Crippen LogP contribution in [0.3, 0.4) is 0 Å². The summed E-state index contributed by atoms with van der Waals surface area (Å²) in [6, 6.07) is -0.387. The lowest BCUT2D eigenvalue weighted by Gasteiger charge is -2.44. The molecule has 6 atom stereocenters. The van der Waals surface area contributed by atoms with E-state index in [-0.39, 0.29) is 49.7 Å². The van der Waals surface area contributed by atoms with Crippen molar-refractivity contribution in [3.63, 3.8) is 0 Å². The van der Waals surface area contributed by atoms with Crippen molar-refractivity contribution in [2.24, 2.45) is 17.8 Å². The molecule has 0 bridgehead atoms. The van der Waals surface area contributed by atoms with Gasteiger partial charge < -0.3 is 24.3 Å². The minimum absolute atomic E-state index is 0.0104. The highest BCUT2D eigenvalue weighted by Gasteiger charge is 2.43. The third-order valence-electron chi connectivity index (χ3n) is 4.66. The van der Waals surface area contributed by atoms with Crippen molar-refractivity contribution in [3.05, 3.63) is 12.7 Å². The van der Waals surface area contributed by atoms with Gasteiger partial charge in [0.25, 0.3) is 0 Å². The molecule has 3 unspecified atom stereocenters. The third kappa shape index (κ3) is 7.30. The van der Waals surface area contributed by atoms with E-state index in [1.165, 1.54) is 19.9 Å². The van der Waals surface area contributed by atoms with Crippen molar-refractivity contribution in [2.45, 2.75) is 53.1 Å². The van der Waals surface area contributed by atoms with E-state index in [9.17, 15) is 14.4 Å². The van der Waals surface area contributed by atoms with Gasteiger partial charge in [-0.3, -0.25) is 14.4 Å². The molecule has 1 N–H and O–H groups in total. The van der Waals surface area contributed by atoms with Crippen LogP contribution < -0.4 is 5.32 Å². The molecule has 154 valence electrons. The highest BCUT2D eigenvalue weighted by atomic mass is 16.7. The molecule has 8 nitrogen and oxygen atoms in total. The van der Waals surface area contributed by atoms with Crippen LogP contribution in [-0.2, 0) is 33.3 Å². The van der Waals surface area contributed by atoms with Crippen LogP contribution >= 0.6 is 0 Å². The van der Waals surface area contributed by atoms with E-state index in [1.807, 2.05) is 13.8 Å². The van der Waals surface area contributed by atoms with Crippen LogP contribution in [0.15, 0.2) is 12.7 Å². The minimum Gasteiger partial charge on any atom is -0.463 e. The van der Waals surface area contributed by atoms with Gasteiger partial charge in [-0.15, -0.1) is 0 Å². The fourth-order valence-electron chi connectivity index (χ4n) is 2.85. The number of hydrogen-bond acceptors (Lipinski definition) is 7. The zero-order valence-corrected chi connectivity index (χ0v) is 16.7. The standard InChI is InChI=1S/C19H31NO7/c1-7-8-24-18(23)11(2)9-26-19-17(20-14(5)21)13(4)12(3)16(27-19)10-25-15(6)22/h7,11-13,16-17,19H,1,8-10H2,2-6H3,(H,20,21)/t11?,12-,13-,16?,17?,19+/m0/s1. The van der Waals surface area contributed by atoms with Gasteiger partial charge in [0.15, 0.2) is 6.29 Å². The smallest absolute Gasteiger partial charge is 0.311 e. The normalized spacial score (nSPS) is 28.7. The van der Waals surface area contributed by atoms with E-state index in [0.717, 1.165) is 0 Å². The highest BCUT2D eigenvalue weighted by Crippen LogP contribution is 2.32. The molecule has 27 heavy (non-hydrogen) atoms. The maximum Gasteiger partial charge on any atom is 0.311 e. The van der Waals surface area contributed by atoms with Crippen LogP contribution in [0.4, 0.5) is 0 Å². The maximum absolute atomic E-state index is 11.9. The van der Waals surface area contributed by atoms with Crippen molar-refractivity contribution < 1.29 is 33.3 Å². The average Bonchev–Trinajstić information content (AvgIpc) is 2.61. The first-order valence-electron chi connectivity index (χ1n) is 9.12. The Balaban J connectivity index is 2.78. The van der Waals surface area contributed by atoms with Crippen LogP contribution in [0.2, 0.25) is 0 Å². The molecule has 0 radical (unpaired) electrons. The summed E-state index contributed by atoms with van der Waals surface area (Å²) >= 11 is 0. The molecule has 1 aliphatic heterocycles. The van der Waals surface area contributed by atoms with Crippen molar-refractivity contribution in [1.29, 1.82) is 0 Å². The SMILES string of the molecule is C=CCOC(=O)C(C)CO[C@@H]1OC(COC(C)=O)[C@@H](C)[C@H](C)C1NC(C)=O. The van der Waals surface area contributed by atoms with Gasteiger partial charge in [-0.05, 0) is 18.8 Å². The van der Waals surface area contributed by atoms with Gasteiger partial charge in [-0.1, -0.05) is 26.5 Å². The third-order valence-corrected chi connectivity index (χ3v) is 4.66. The second-order valence-corrected chi connectivity index (χ2v) is 6.94. The molecule has 0 saturated carbocycles. The first-order chi connectivity index (χ1) is 12.7. The fraction of sp³-hybridized carbons (Fsp3) is 0.737. The zero-order valence-electron chi connectivity index (χ0n) is 16.7. The number of esters is 2. The van der Waals surface area contributed by atoms with Crippen molar-refractivity contribution >= 4 is 17.8 Å². The second kappa shape index (κ2) is 11.0. The average molecular weight is 385 g/mol. The Kier molecular flexibility index (Phi) is 9.45. The molecule has 1 amide bonds. The zero-order chi connectivity index (χ0) is 20.6. The lowest BCUT2D eigenvalue weighted by atomic mass is 9.82. The summed E-state index contributed by atoms with van der Waals surface area (Å²) < 4.78 is 21.9. The lowest BCUT2D eigenvalue weighted by Crippen LogP contribution is -2.58. The summed E-state index contributed by atoms with van der Waals surface area (Å²) in [6.45, 7) is 12.2. The van der Waals surface area contributed by atoms with E-state index < -0.39 is 24.1 Å². The largest absolute Gasteiger partial charge is 0.463 e. The lowest BCUT2D eigenvalue weighted by molar-refractivity contribution is -0.247. The molecule has 0 spiro atoms. The van der Waals surface area contributed by atoms with Gasteiger partial charge in [0.2, 0.25) is 5.91 Å². The van der Waals surface area contributed by atoms with E-state index in [2.05, 4.69) is 11.9 Å². The van der Waals surface area contributed by atoms with Crippen molar-refractivity contribution in [3.8, 4) is 0 Å². The summed E-state index contributed by atoms with van der Waals surface area (Å²) in [6.07, 6.45) is 0.350. The maximum atomic E-state index is 11.9. The van der Waals surface area contributed by atoms with E-state index in [4.69, 9.17) is 18.9 Å². The number of carbonyl (C=O) groups excluding carboxylic acids is 3. The number of carbonyl (C=O) groups is 3. The summed E-state index contributed by atoms with van der Waals surface area (Å²) in [5, 5.41) is 2.86. The molecule has 1 aliphatic rings. The predicted octanol–water partition coefficient (Wildman–Crippen LogP) is 1.43. The summed E-state index contributed by atoms with van der Waals surface area (Å²) in [5.41, 5.74) is 0. The Morgan fingerprint density at radius 1 is 1.19 bits per heavy atom. The number of rotatable bonds is 9. The molecule has 0 aliphatic carbocycles. The summed E-state index contributed by atoms with van der Waals surface area (Å²) in [7, 11) is 0.